The molecule has 0 aliphatic rings. The monoisotopic (exact) mass is 447 g/mol. The van der Waals surface area contributed by atoms with Crippen LogP contribution in [0.5, 0.6) is 0 Å². The SMILES string of the molecule is O=P(C=C(Cl)c1ccccc1)(/C=C(\Cl)c1ccccc1)Nc1ccccc1Cl. The Labute approximate surface area is 179 Å². The minimum absolute atomic E-state index is 0.359. The molecule has 0 aliphatic heterocycles. The van der Waals surface area contributed by atoms with Crippen molar-refractivity contribution in [2.75, 3.05) is 5.09 Å². The maximum atomic E-state index is 13.8. The number of halogens is 3. The molecule has 142 valence electrons. The van der Waals surface area contributed by atoms with Crippen LogP contribution in [0.4, 0.5) is 5.69 Å². The van der Waals surface area contributed by atoms with Gasteiger partial charge in [-0.15, -0.1) is 0 Å². The Morgan fingerprint density at radius 2 is 1.14 bits per heavy atom. The maximum absolute atomic E-state index is 13.8. The first-order valence-corrected chi connectivity index (χ1v) is 11.4. The van der Waals surface area contributed by atoms with E-state index in [1.165, 1.54) is 11.6 Å². The topological polar surface area (TPSA) is 29.1 Å². The van der Waals surface area contributed by atoms with Gasteiger partial charge >= 0.3 is 0 Å². The molecule has 1 atom stereocenters. The van der Waals surface area contributed by atoms with Gasteiger partial charge in [0.25, 0.3) is 0 Å². The highest BCUT2D eigenvalue weighted by molar-refractivity contribution is 7.72. The van der Waals surface area contributed by atoms with Crippen LogP contribution < -0.4 is 5.09 Å². The van der Waals surface area contributed by atoms with E-state index in [0.717, 1.165) is 11.1 Å². The van der Waals surface area contributed by atoms with Crippen molar-refractivity contribution in [3.63, 3.8) is 0 Å². The van der Waals surface area contributed by atoms with E-state index in [4.69, 9.17) is 34.8 Å². The third-order valence-corrected chi connectivity index (χ3v) is 7.04. The van der Waals surface area contributed by atoms with Crippen LogP contribution in [0.25, 0.3) is 10.1 Å². The summed E-state index contributed by atoms with van der Waals surface area (Å²) in [6.07, 6.45) is 0. The summed E-state index contributed by atoms with van der Waals surface area (Å²) in [6.45, 7) is 0. The highest BCUT2D eigenvalue weighted by Crippen LogP contribution is 2.54. The van der Waals surface area contributed by atoms with Gasteiger partial charge in [0.05, 0.1) is 20.8 Å². The van der Waals surface area contributed by atoms with E-state index in [0.29, 0.717) is 20.8 Å². The number of benzene rings is 3. The van der Waals surface area contributed by atoms with Crippen molar-refractivity contribution in [1.82, 2.24) is 0 Å². The van der Waals surface area contributed by atoms with Gasteiger partial charge < -0.3 is 5.09 Å². The fourth-order valence-electron chi connectivity index (χ4n) is 2.52. The van der Waals surface area contributed by atoms with Crippen molar-refractivity contribution in [3.8, 4) is 0 Å². The highest BCUT2D eigenvalue weighted by Gasteiger charge is 2.20. The quantitative estimate of drug-likeness (QED) is 0.383. The molecule has 0 aromatic heterocycles. The molecule has 0 amide bonds. The zero-order chi connectivity index (χ0) is 20.0. The molecule has 1 unspecified atom stereocenters. The van der Waals surface area contributed by atoms with Crippen LogP contribution in [0.1, 0.15) is 11.1 Å². The fraction of sp³-hybridized carbons (Fsp3) is 0. The smallest absolute Gasteiger partial charge is 0.216 e. The lowest BCUT2D eigenvalue weighted by Crippen LogP contribution is -1.95. The second kappa shape index (κ2) is 9.49. The Hall–Kier alpha value is -1.96. The van der Waals surface area contributed by atoms with Crippen LogP contribution in [0.3, 0.4) is 0 Å². The van der Waals surface area contributed by atoms with Gasteiger partial charge in [-0.1, -0.05) is 108 Å². The van der Waals surface area contributed by atoms with Crippen LogP contribution >= 0.6 is 42.1 Å². The largest absolute Gasteiger partial charge is 0.329 e. The van der Waals surface area contributed by atoms with Crippen molar-refractivity contribution in [1.29, 1.82) is 0 Å². The van der Waals surface area contributed by atoms with Gasteiger partial charge in [0.2, 0.25) is 7.29 Å². The van der Waals surface area contributed by atoms with E-state index in [1.807, 2.05) is 66.7 Å². The molecule has 28 heavy (non-hydrogen) atoms. The second-order valence-electron chi connectivity index (χ2n) is 5.99. The minimum Gasteiger partial charge on any atom is -0.329 e. The molecule has 3 aromatic rings. The lowest BCUT2D eigenvalue weighted by atomic mass is 10.2. The summed E-state index contributed by atoms with van der Waals surface area (Å²) in [4.78, 5) is 0. The minimum atomic E-state index is -3.33. The molecule has 0 spiro atoms. The lowest BCUT2D eigenvalue weighted by Gasteiger charge is -2.16. The predicted octanol–water partition coefficient (Wildman–Crippen LogP) is 8.50. The van der Waals surface area contributed by atoms with E-state index in [2.05, 4.69) is 5.09 Å². The van der Waals surface area contributed by atoms with Crippen LogP contribution in [-0.4, -0.2) is 0 Å². The lowest BCUT2D eigenvalue weighted by molar-refractivity contribution is 0.589. The molecule has 0 saturated heterocycles. The Kier molecular flexibility index (Phi) is 7.04. The van der Waals surface area contributed by atoms with Crippen LogP contribution in [0.15, 0.2) is 96.6 Å². The van der Waals surface area contributed by atoms with Gasteiger partial charge in [-0.2, -0.15) is 0 Å². The van der Waals surface area contributed by atoms with Gasteiger partial charge in [0.15, 0.2) is 0 Å². The molecular weight excluding hydrogens is 432 g/mol. The van der Waals surface area contributed by atoms with Gasteiger partial charge in [-0.05, 0) is 23.3 Å². The molecule has 1 N–H and O–H groups in total. The molecule has 3 aromatic carbocycles. The molecule has 6 heteroatoms. The van der Waals surface area contributed by atoms with E-state index >= 15 is 0 Å². The molecule has 0 saturated carbocycles. The number of rotatable bonds is 6. The molecule has 3 rings (SSSR count). The number of anilines is 1. The molecule has 0 fully saturated rings. The third-order valence-electron chi connectivity index (χ3n) is 3.88. The van der Waals surface area contributed by atoms with Gasteiger partial charge in [0, 0.05) is 11.6 Å². The summed E-state index contributed by atoms with van der Waals surface area (Å²) < 4.78 is 13.8. The number of hydrogen-bond donors (Lipinski definition) is 1. The first-order chi connectivity index (χ1) is 13.5. The van der Waals surface area contributed by atoms with E-state index in [-0.39, 0.29) is 0 Å². The van der Waals surface area contributed by atoms with Crippen LogP contribution in [0, 0.1) is 0 Å². The van der Waals surface area contributed by atoms with Gasteiger partial charge in [0.1, 0.15) is 0 Å². The highest BCUT2D eigenvalue weighted by atomic mass is 35.5. The van der Waals surface area contributed by atoms with Crippen molar-refractivity contribution >= 4 is 57.8 Å². The third kappa shape index (κ3) is 5.53. The molecule has 0 bridgehead atoms. The first kappa shape index (κ1) is 20.8. The Morgan fingerprint density at radius 1 is 0.714 bits per heavy atom. The Bertz CT molecular complexity index is 990. The Balaban J connectivity index is 2.05. The maximum Gasteiger partial charge on any atom is 0.216 e. The molecule has 0 radical (unpaired) electrons. The zero-order valence-electron chi connectivity index (χ0n) is 14.7. The van der Waals surface area contributed by atoms with E-state index in [9.17, 15) is 4.57 Å². The fourth-order valence-corrected chi connectivity index (χ4v) is 5.64. The van der Waals surface area contributed by atoms with Crippen molar-refractivity contribution in [3.05, 3.63) is 113 Å². The summed E-state index contributed by atoms with van der Waals surface area (Å²) in [7, 11) is -3.33. The molecular formula is C22H17Cl3NOP. The Morgan fingerprint density at radius 3 is 1.61 bits per heavy atom. The van der Waals surface area contributed by atoms with Crippen molar-refractivity contribution < 1.29 is 4.57 Å². The first-order valence-electron chi connectivity index (χ1n) is 8.47. The van der Waals surface area contributed by atoms with Gasteiger partial charge in [-0.3, -0.25) is 4.57 Å². The normalized spacial score (nSPS) is 14.4. The molecule has 2 nitrogen and oxygen atoms in total. The van der Waals surface area contributed by atoms with Gasteiger partial charge in [-0.25, -0.2) is 0 Å². The zero-order valence-corrected chi connectivity index (χ0v) is 17.9. The van der Waals surface area contributed by atoms with Crippen LogP contribution in [-0.2, 0) is 4.57 Å². The summed E-state index contributed by atoms with van der Waals surface area (Å²) >= 11 is 19.2. The average Bonchev–Trinajstić information content (AvgIpc) is 2.71. The standard InChI is InChI=1S/C22H17Cl3NOP/c23-19-13-7-8-14-22(19)26-28(27,15-20(24)17-9-3-1-4-10-17)16-21(25)18-11-5-2-6-12-18/h1-16H,(H,26,27)/b20-15-,21-16?. The number of nitrogens with one attached hydrogen (secondary N) is 1. The molecule has 0 aliphatic carbocycles. The number of para-hydroxylation sites is 1. The van der Waals surface area contributed by atoms with E-state index in [1.54, 1.807) is 18.2 Å². The average molecular weight is 449 g/mol. The predicted molar refractivity (Wildman–Crippen MR) is 123 cm³/mol. The van der Waals surface area contributed by atoms with Crippen molar-refractivity contribution in [2.24, 2.45) is 0 Å². The summed E-state index contributed by atoms with van der Waals surface area (Å²) in [5.74, 6) is 3.00. The molecule has 0 heterocycles. The summed E-state index contributed by atoms with van der Waals surface area (Å²) in [6, 6.07) is 25.7. The van der Waals surface area contributed by atoms with Crippen molar-refractivity contribution in [2.45, 2.75) is 0 Å². The summed E-state index contributed by atoms with van der Waals surface area (Å²) in [5.41, 5.74) is 2.05. The number of hydrogen-bond acceptors (Lipinski definition) is 1. The second-order valence-corrected chi connectivity index (χ2v) is 9.37. The summed E-state index contributed by atoms with van der Waals surface area (Å²) in [5, 5.41) is 4.20. The van der Waals surface area contributed by atoms with E-state index < -0.39 is 7.29 Å². The van der Waals surface area contributed by atoms with Crippen LogP contribution in [0.2, 0.25) is 5.02 Å².